The summed E-state index contributed by atoms with van der Waals surface area (Å²) in [7, 11) is 17.7. The van der Waals surface area contributed by atoms with Crippen LogP contribution in [-0.4, -0.2) is 5.92 Å². The van der Waals surface area contributed by atoms with Crippen molar-refractivity contribution in [1.29, 1.82) is 0 Å². The normalized spacial score (nSPS) is 17.8. The molecule has 0 aromatic heterocycles. The number of aryl methyl sites for hydroxylation is 2. The molecule has 0 spiro atoms. The molecule has 2 aliphatic rings. The van der Waals surface area contributed by atoms with Crippen LogP contribution in [0.5, 0.6) is 0 Å². The van der Waals surface area contributed by atoms with Crippen molar-refractivity contribution in [2.75, 3.05) is 0 Å². The zero-order valence-corrected chi connectivity index (χ0v) is 40.8. The Morgan fingerprint density at radius 3 is 1.11 bits per heavy atom. The first-order chi connectivity index (χ1) is 25.3. The molecule has 0 saturated carbocycles. The third-order valence-electron chi connectivity index (χ3n) is 13.2. The van der Waals surface area contributed by atoms with Crippen molar-refractivity contribution in [2.45, 2.75) is 140 Å². The van der Waals surface area contributed by atoms with Gasteiger partial charge < -0.3 is 0 Å². The zero-order valence-electron chi connectivity index (χ0n) is 35.6. The van der Waals surface area contributed by atoms with Crippen molar-refractivity contribution in [3.63, 3.8) is 0 Å². The van der Waals surface area contributed by atoms with Gasteiger partial charge in [0.25, 0.3) is 0 Å². The van der Waals surface area contributed by atoms with Gasteiger partial charge in [-0.05, 0) is 0 Å². The molecule has 0 amide bonds. The molecule has 0 aliphatic heterocycles. The number of allylic oxidation sites excluding steroid dienone is 2. The topological polar surface area (TPSA) is 0 Å². The predicted octanol–water partition coefficient (Wildman–Crippen LogP) is 16.5. The molecule has 54 heavy (non-hydrogen) atoms. The Kier molecular flexibility index (Phi) is 11.9. The fraction of sp³-hybridized carbons (Fsp3) is 0.440. The van der Waals surface area contributed by atoms with Crippen LogP contribution in [-0.2, 0) is 15.6 Å². The number of fused-ring (bicyclic) bond motifs is 2. The number of hydrogen-bond acceptors (Lipinski definition) is 0. The van der Waals surface area contributed by atoms with Gasteiger partial charge in [-0.25, -0.2) is 0 Å². The van der Waals surface area contributed by atoms with E-state index in [1.165, 1.54) is 89.0 Å². The van der Waals surface area contributed by atoms with Gasteiger partial charge in [0.15, 0.2) is 0 Å². The van der Waals surface area contributed by atoms with E-state index < -0.39 is 21.5 Å². The van der Waals surface area contributed by atoms with Gasteiger partial charge in [-0.3, -0.25) is 0 Å². The Labute approximate surface area is 337 Å². The summed E-state index contributed by atoms with van der Waals surface area (Å²) < 4.78 is 0.178. The first-order valence-electron chi connectivity index (χ1n) is 20.9. The molecular weight excluding hydrogens is 791 g/mol. The van der Waals surface area contributed by atoms with Crippen LogP contribution in [0.4, 0.5) is 0 Å². The molecule has 2 aliphatic carbocycles. The SMILES string of the molecule is CCC1=Cc2c(ccc(C)c2-c2cc(C(C)C)cc(C(C)C)c2)[CH]1[Zr]([Cl])([Cl])([CH]1C(CC)=Cc2c1ccc(C)c2-c1cc(C(C)C)cc(C(C)C)c1)[SiH](C)C. The molecule has 4 heteroatoms. The molecule has 6 rings (SSSR count). The second kappa shape index (κ2) is 15.4. The number of hydrogen-bond donors (Lipinski definition) is 0. The van der Waals surface area contributed by atoms with Gasteiger partial charge in [0.2, 0.25) is 0 Å². The molecule has 0 N–H and O–H groups in total. The first kappa shape index (κ1) is 41.7. The van der Waals surface area contributed by atoms with Crippen molar-refractivity contribution >= 4 is 35.1 Å². The molecule has 0 fully saturated rings. The monoisotopic (exact) mass is 853 g/mol. The van der Waals surface area contributed by atoms with E-state index >= 15 is 0 Å². The Balaban J connectivity index is 1.61. The second-order valence-corrected chi connectivity index (χ2v) is 60.8. The van der Waals surface area contributed by atoms with E-state index in [4.69, 9.17) is 17.0 Å². The number of rotatable bonds is 11. The van der Waals surface area contributed by atoms with Gasteiger partial charge in [-0.1, -0.05) is 0 Å². The molecule has 0 nitrogen and oxygen atoms in total. The standard InChI is InChI=1S/2C24H29.C2H7Si.2ClH.Zr/c2*1-7-18-10-19-9-8-17(6)24(23(19)11-18)22-13-20(15(2)3)12-21(14-22)16(4)5;1-3-2;;;/h2*8-16H,7H2,1-6H3;3H,1-2H3;2*1H;/q;;;;;+2/p-2. The van der Waals surface area contributed by atoms with Crippen LogP contribution in [0.15, 0.2) is 71.8 Å². The Bertz CT molecular complexity index is 1960. The van der Waals surface area contributed by atoms with E-state index in [2.05, 4.69) is 169 Å². The minimum absolute atomic E-state index is 0.0890. The van der Waals surface area contributed by atoms with Gasteiger partial charge in [-0.2, -0.15) is 0 Å². The summed E-state index contributed by atoms with van der Waals surface area (Å²) in [5.74, 6) is 0.153. The Hall–Kier alpha value is -1.96. The number of halogens is 2. The maximum atomic E-state index is 8.84. The summed E-state index contributed by atoms with van der Waals surface area (Å²) in [6, 6.07) is 24.2. The summed E-state index contributed by atoms with van der Waals surface area (Å²) in [5, 5.41) is 0. The molecular formula is C50H65Cl2SiZr. The average molecular weight is 856 g/mol. The minimum atomic E-state index is -4.91. The van der Waals surface area contributed by atoms with Gasteiger partial charge >= 0.3 is 340 Å². The maximum absolute atomic E-state index is 8.84. The van der Waals surface area contributed by atoms with Crippen molar-refractivity contribution in [3.8, 4) is 22.3 Å². The number of benzene rings is 4. The van der Waals surface area contributed by atoms with Crippen LogP contribution in [0.25, 0.3) is 34.4 Å². The molecule has 0 bridgehead atoms. The van der Waals surface area contributed by atoms with E-state index in [-0.39, 0.29) is 7.25 Å². The van der Waals surface area contributed by atoms with Crippen molar-refractivity contribution in [1.82, 2.24) is 0 Å². The molecule has 0 saturated heterocycles. The van der Waals surface area contributed by atoms with Crippen LogP contribution in [0.2, 0.25) is 13.1 Å². The van der Waals surface area contributed by atoms with Crippen LogP contribution in [0.3, 0.4) is 0 Å². The van der Waals surface area contributed by atoms with E-state index in [9.17, 15) is 0 Å². The summed E-state index contributed by atoms with van der Waals surface area (Å²) in [4.78, 5) is 0. The van der Waals surface area contributed by atoms with Crippen LogP contribution in [0.1, 0.15) is 169 Å². The Morgan fingerprint density at radius 1 is 0.537 bits per heavy atom. The fourth-order valence-electron chi connectivity index (χ4n) is 9.73. The molecule has 0 heterocycles. The predicted molar refractivity (Wildman–Crippen MR) is 242 cm³/mol. The van der Waals surface area contributed by atoms with E-state index in [1.54, 1.807) is 0 Å². The molecule has 4 aromatic rings. The summed E-state index contributed by atoms with van der Waals surface area (Å²) in [5.41, 5.74) is 22.0. The molecule has 0 radical (unpaired) electrons. The zero-order chi connectivity index (χ0) is 39.6. The van der Waals surface area contributed by atoms with Crippen LogP contribution >= 0.6 is 17.0 Å². The van der Waals surface area contributed by atoms with Crippen LogP contribution in [0, 0.1) is 13.8 Å². The van der Waals surface area contributed by atoms with Gasteiger partial charge in [0.05, 0.1) is 0 Å². The summed E-state index contributed by atoms with van der Waals surface area (Å²) >= 11 is -4.91. The summed E-state index contributed by atoms with van der Waals surface area (Å²) in [6.45, 7) is 32.7. The van der Waals surface area contributed by atoms with Gasteiger partial charge in [-0.15, -0.1) is 0 Å². The first-order valence-corrected chi connectivity index (χ1v) is 37.2. The quantitative estimate of drug-likeness (QED) is 0.132. The van der Waals surface area contributed by atoms with Crippen molar-refractivity contribution in [3.05, 3.63) is 127 Å². The van der Waals surface area contributed by atoms with E-state index in [1.807, 2.05) is 0 Å². The van der Waals surface area contributed by atoms with E-state index in [0.717, 1.165) is 12.8 Å². The molecule has 2 unspecified atom stereocenters. The molecule has 2 atom stereocenters. The van der Waals surface area contributed by atoms with Crippen molar-refractivity contribution in [2.24, 2.45) is 0 Å². The third kappa shape index (κ3) is 6.90. The van der Waals surface area contributed by atoms with Crippen LogP contribution < -0.4 is 0 Å². The Morgan fingerprint density at radius 2 is 0.852 bits per heavy atom. The molecule has 4 aromatic carbocycles. The summed E-state index contributed by atoms with van der Waals surface area (Å²) in [6.07, 6.45) is 6.97. The average Bonchev–Trinajstić information content (AvgIpc) is 3.70. The molecule has 287 valence electrons. The second-order valence-electron chi connectivity index (χ2n) is 18.3. The fourth-order valence-corrected chi connectivity index (χ4v) is 41.5. The van der Waals surface area contributed by atoms with Gasteiger partial charge in [0, 0.05) is 0 Å². The van der Waals surface area contributed by atoms with Crippen molar-refractivity contribution < 1.29 is 15.6 Å². The van der Waals surface area contributed by atoms with Gasteiger partial charge in [0.1, 0.15) is 0 Å². The van der Waals surface area contributed by atoms with E-state index in [0.29, 0.717) is 23.7 Å². The third-order valence-corrected chi connectivity index (χ3v) is 65.1.